The summed E-state index contributed by atoms with van der Waals surface area (Å²) in [5.74, 6) is 0.768. The van der Waals surface area contributed by atoms with Crippen LogP contribution in [-0.4, -0.2) is 48.4 Å². The number of likely N-dealkylation sites (N-methyl/N-ethyl adjacent to an activating group) is 1. The number of nitrogens with zero attached hydrogens (tertiary/aromatic N) is 3. The molecule has 0 aromatic heterocycles. The van der Waals surface area contributed by atoms with Gasteiger partial charge in [0.2, 0.25) is 0 Å². The molecule has 2 rings (SSSR count). The molecule has 0 aliphatic carbocycles. The maximum atomic E-state index is 6.39. The number of aliphatic imine (C=N–C) groups is 1. The van der Waals surface area contributed by atoms with Crippen molar-refractivity contribution in [2.45, 2.75) is 11.9 Å². The third-order valence-corrected chi connectivity index (χ3v) is 2.82. The van der Waals surface area contributed by atoms with Crippen molar-refractivity contribution < 1.29 is 0 Å². The van der Waals surface area contributed by atoms with Crippen molar-refractivity contribution in [1.29, 1.82) is 0 Å². The number of nitrogens with one attached hydrogen (secondary N) is 2. The lowest BCUT2D eigenvalue weighted by molar-refractivity contribution is 0.363. The van der Waals surface area contributed by atoms with Crippen LogP contribution in [0, 0.1) is 0 Å². The van der Waals surface area contributed by atoms with E-state index in [1.165, 1.54) is 0 Å². The zero-order valence-electron chi connectivity index (χ0n) is 8.34. The second kappa shape index (κ2) is 3.31. The molecule has 2 aliphatic rings. The molecule has 0 fully saturated rings. The Balaban J connectivity index is 2.06. The van der Waals surface area contributed by atoms with Crippen LogP contribution in [0.1, 0.15) is 6.92 Å². The van der Waals surface area contributed by atoms with Gasteiger partial charge in [-0.15, -0.1) is 0 Å². The second-order valence-corrected chi connectivity index (χ2v) is 4.23. The van der Waals surface area contributed by atoms with Gasteiger partial charge in [-0.05, 0) is 6.92 Å². The van der Waals surface area contributed by atoms with Crippen molar-refractivity contribution in [2.24, 2.45) is 10.1 Å². The van der Waals surface area contributed by atoms with Gasteiger partial charge in [0.15, 0.2) is 11.0 Å². The van der Waals surface area contributed by atoms with Crippen LogP contribution in [0.5, 0.6) is 0 Å². The molecule has 0 aromatic carbocycles. The summed E-state index contributed by atoms with van der Waals surface area (Å²) < 4.78 is 0. The number of guanidine groups is 1. The molecule has 0 aromatic rings. The van der Waals surface area contributed by atoms with Gasteiger partial charge in [0.05, 0.1) is 18.8 Å². The van der Waals surface area contributed by atoms with E-state index in [0.717, 1.165) is 24.8 Å². The van der Waals surface area contributed by atoms with Crippen LogP contribution in [0.15, 0.2) is 10.1 Å². The van der Waals surface area contributed by atoms with Gasteiger partial charge >= 0.3 is 0 Å². The molecule has 0 amide bonds. The van der Waals surface area contributed by atoms with Gasteiger partial charge in [0.1, 0.15) is 0 Å². The molecule has 6 heteroatoms. The molecule has 2 N–H and O–H groups in total. The zero-order chi connectivity index (χ0) is 10.2. The standard InChI is InChI=1S/C8H14ClN5/c1-6-8(9,5-14(2)13-6)12-7-10-3-4-11-7/h3-5H2,1-2H3,(H2,10,11,12). The van der Waals surface area contributed by atoms with Gasteiger partial charge in [0, 0.05) is 13.6 Å². The summed E-state index contributed by atoms with van der Waals surface area (Å²) in [6.45, 7) is 4.25. The predicted octanol–water partition coefficient (Wildman–Crippen LogP) is -0.208. The Bertz CT molecular complexity index is 300. The zero-order valence-corrected chi connectivity index (χ0v) is 9.10. The monoisotopic (exact) mass is 215 g/mol. The Morgan fingerprint density at radius 3 is 2.93 bits per heavy atom. The highest BCUT2D eigenvalue weighted by Gasteiger charge is 2.38. The summed E-state index contributed by atoms with van der Waals surface area (Å²) in [7, 11) is 1.90. The molecule has 14 heavy (non-hydrogen) atoms. The van der Waals surface area contributed by atoms with E-state index < -0.39 is 5.00 Å². The molecule has 2 aliphatic heterocycles. The fourth-order valence-corrected chi connectivity index (χ4v) is 1.90. The minimum atomic E-state index is -0.606. The van der Waals surface area contributed by atoms with E-state index in [-0.39, 0.29) is 0 Å². The van der Waals surface area contributed by atoms with E-state index in [1.54, 1.807) is 0 Å². The summed E-state index contributed by atoms with van der Waals surface area (Å²) in [5.41, 5.74) is 0.873. The van der Waals surface area contributed by atoms with Gasteiger partial charge in [-0.3, -0.25) is 10.0 Å². The van der Waals surface area contributed by atoms with E-state index in [9.17, 15) is 0 Å². The molecule has 0 radical (unpaired) electrons. The van der Waals surface area contributed by atoms with Crippen LogP contribution >= 0.6 is 11.6 Å². The second-order valence-electron chi connectivity index (χ2n) is 3.58. The SMILES string of the molecule is CC1=NN(C)CC1(Cl)NC1=NCCN1. The molecule has 5 nitrogen and oxygen atoms in total. The number of rotatable bonds is 1. The average Bonchev–Trinajstić information content (AvgIpc) is 2.62. The fourth-order valence-electron chi connectivity index (χ4n) is 1.60. The predicted molar refractivity (Wildman–Crippen MR) is 57.8 cm³/mol. The number of halogens is 1. The Morgan fingerprint density at radius 1 is 1.64 bits per heavy atom. The van der Waals surface area contributed by atoms with Crippen molar-refractivity contribution in [3.63, 3.8) is 0 Å². The maximum absolute atomic E-state index is 6.39. The molecular formula is C8H14ClN5. The third kappa shape index (κ3) is 1.64. The first-order valence-corrected chi connectivity index (χ1v) is 5.00. The fraction of sp³-hybridized carbons (Fsp3) is 0.750. The maximum Gasteiger partial charge on any atom is 0.193 e. The molecule has 2 heterocycles. The van der Waals surface area contributed by atoms with Gasteiger partial charge in [0.25, 0.3) is 0 Å². The average molecular weight is 216 g/mol. The molecule has 0 spiro atoms. The van der Waals surface area contributed by atoms with Gasteiger partial charge in [-0.25, -0.2) is 0 Å². The summed E-state index contributed by atoms with van der Waals surface area (Å²) in [5, 5.41) is 12.4. The third-order valence-electron chi connectivity index (χ3n) is 2.33. The Morgan fingerprint density at radius 2 is 2.43 bits per heavy atom. The summed E-state index contributed by atoms with van der Waals surface area (Å²) in [6, 6.07) is 0. The summed E-state index contributed by atoms with van der Waals surface area (Å²) in [4.78, 5) is 3.63. The molecule has 1 unspecified atom stereocenters. The van der Waals surface area contributed by atoms with Crippen molar-refractivity contribution in [1.82, 2.24) is 15.6 Å². The first-order chi connectivity index (χ1) is 6.60. The quantitative estimate of drug-likeness (QED) is 0.470. The van der Waals surface area contributed by atoms with Crippen LogP contribution in [0.25, 0.3) is 0 Å². The van der Waals surface area contributed by atoms with Crippen molar-refractivity contribution >= 4 is 23.3 Å². The van der Waals surface area contributed by atoms with E-state index in [2.05, 4.69) is 20.7 Å². The molecule has 0 saturated carbocycles. The Labute approximate surface area is 88.2 Å². The summed E-state index contributed by atoms with van der Waals surface area (Å²) in [6.07, 6.45) is 0. The van der Waals surface area contributed by atoms with Gasteiger partial charge in [-0.1, -0.05) is 11.6 Å². The number of hydrogen-bond acceptors (Lipinski definition) is 5. The van der Waals surface area contributed by atoms with Crippen LogP contribution in [0.4, 0.5) is 0 Å². The van der Waals surface area contributed by atoms with Gasteiger partial charge in [-0.2, -0.15) is 5.10 Å². The smallest absolute Gasteiger partial charge is 0.193 e. The number of alkyl halides is 1. The van der Waals surface area contributed by atoms with Crippen LogP contribution in [-0.2, 0) is 0 Å². The number of hydrazone groups is 1. The lowest BCUT2D eigenvalue weighted by Gasteiger charge is -2.24. The van der Waals surface area contributed by atoms with E-state index in [0.29, 0.717) is 6.54 Å². The molecule has 1 atom stereocenters. The highest BCUT2D eigenvalue weighted by Crippen LogP contribution is 2.21. The Kier molecular flexibility index (Phi) is 2.26. The van der Waals surface area contributed by atoms with Crippen LogP contribution < -0.4 is 10.6 Å². The first-order valence-electron chi connectivity index (χ1n) is 4.62. The largest absolute Gasteiger partial charge is 0.354 e. The molecular weight excluding hydrogens is 202 g/mol. The topological polar surface area (TPSA) is 52.0 Å². The van der Waals surface area contributed by atoms with E-state index in [1.807, 2.05) is 19.0 Å². The van der Waals surface area contributed by atoms with Crippen molar-refractivity contribution in [2.75, 3.05) is 26.7 Å². The Hall–Kier alpha value is -0.970. The minimum Gasteiger partial charge on any atom is -0.354 e. The highest BCUT2D eigenvalue weighted by atomic mass is 35.5. The van der Waals surface area contributed by atoms with Gasteiger partial charge < -0.3 is 10.6 Å². The van der Waals surface area contributed by atoms with E-state index >= 15 is 0 Å². The lowest BCUT2D eigenvalue weighted by Crippen LogP contribution is -2.53. The van der Waals surface area contributed by atoms with Crippen molar-refractivity contribution in [3.05, 3.63) is 0 Å². The first kappa shape index (κ1) is 9.58. The van der Waals surface area contributed by atoms with Crippen LogP contribution in [0.2, 0.25) is 0 Å². The minimum absolute atomic E-state index is 0.606. The van der Waals surface area contributed by atoms with E-state index in [4.69, 9.17) is 11.6 Å². The highest BCUT2D eigenvalue weighted by molar-refractivity contribution is 6.37. The van der Waals surface area contributed by atoms with Crippen LogP contribution in [0.3, 0.4) is 0 Å². The molecule has 0 saturated heterocycles. The lowest BCUT2D eigenvalue weighted by atomic mass is 10.2. The summed E-state index contributed by atoms with van der Waals surface area (Å²) >= 11 is 6.39. The molecule has 0 bridgehead atoms. The number of hydrogen-bond donors (Lipinski definition) is 2. The van der Waals surface area contributed by atoms with Crippen molar-refractivity contribution in [3.8, 4) is 0 Å². The normalized spacial score (nSPS) is 31.2. The molecule has 78 valence electrons.